The van der Waals surface area contributed by atoms with Gasteiger partial charge in [0.15, 0.2) is 17.3 Å². The van der Waals surface area contributed by atoms with Crippen LogP contribution in [0, 0.1) is 0 Å². The first kappa shape index (κ1) is 30.4. The number of rotatable bonds is 9. The van der Waals surface area contributed by atoms with Gasteiger partial charge in [-0.1, -0.05) is 47.5 Å². The van der Waals surface area contributed by atoms with Crippen molar-refractivity contribution in [3.8, 4) is 23.1 Å². The van der Waals surface area contributed by atoms with Gasteiger partial charge in [0, 0.05) is 20.4 Å². The maximum Gasteiger partial charge on any atom is 0.335 e. The number of ether oxygens (including phenoxy) is 2. The number of benzene rings is 4. The number of para-hydroxylation sites is 1. The normalized spacial score (nSPS) is 11.5. The lowest BCUT2D eigenvalue weighted by Crippen LogP contribution is -2.20. The first-order chi connectivity index (χ1) is 21.7. The van der Waals surface area contributed by atoms with Gasteiger partial charge in [-0.2, -0.15) is 9.78 Å². The number of hydrogen-bond donors (Lipinski definition) is 1. The predicted octanol–water partition coefficient (Wildman–Crippen LogP) is 8.44. The van der Waals surface area contributed by atoms with Crippen LogP contribution in [0.25, 0.3) is 33.5 Å². The van der Waals surface area contributed by atoms with Crippen molar-refractivity contribution < 1.29 is 23.8 Å². The summed E-state index contributed by atoms with van der Waals surface area (Å²) in [6.45, 7) is 2.27. The van der Waals surface area contributed by atoms with Crippen LogP contribution >= 0.6 is 39.1 Å². The number of fused-ring (bicyclic) bond motifs is 2. The lowest BCUT2D eigenvalue weighted by Gasteiger charge is -2.16. The van der Waals surface area contributed by atoms with Crippen LogP contribution in [-0.4, -0.2) is 33.6 Å². The lowest BCUT2D eigenvalue weighted by molar-refractivity contribution is 0.0697. The molecule has 4 aromatic carbocycles. The third-order valence-electron chi connectivity index (χ3n) is 6.80. The van der Waals surface area contributed by atoms with E-state index in [0.717, 1.165) is 10.9 Å². The van der Waals surface area contributed by atoms with Crippen molar-refractivity contribution in [1.29, 1.82) is 0 Å². The van der Waals surface area contributed by atoms with Crippen LogP contribution in [0.1, 0.15) is 28.4 Å². The molecule has 0 aliphatic rings. The van der Waals surface area contributed by atoms with E-state index in [-0.39, 0.29) is 28.8 Å². The second-order valence-corrected chi connectivity index (χ2v) is 11.4. The Balaban J connectivity index is 1.40. The van der Waals surface area contributed by atoms with Gasteiger partial charge in [-0.15, -0.1) is 0 Å². The van der Waals surface area contributed by atoms with Crippen molar-refractivity contribution in [2.24, 2.45) is 5.10 Å². The number of carbonyl (C=O) groups is 1. The summed E-state index contributed by atoms with van der Waals surface area (Å²) in [6, 6.07) is 22.0. The van der Waals surface area contributed by atoms with Gasteiger partial charge in [-0.3, -0.25) is 4.79 Å². The van der Waals surface area contributed by atoms with E-state index in [1.165, 1.54) is 23.0 Å². The standard InChI is InChI=1S/C33H22BrCl2N3O6/c1-2-43-26-15-21(28(34)29(36)30(26)44-17-18-7-9-19(10-8-18)33(41)42)16-37-39-31(38-24-6-4-3-5-23(24)32(39)40)27-14-20-13-22(35)11-12-25(20)45-27/h3-16H,2,17H2,1H3,(H,41,42). The third-order valence-corrected chi connectivity index (χ3v) is 8.48. The zero-order chi connectivity index (χ0) is 31.7. The molecule has 0 bridgehead atoms. The highest BCUT2D eigenvalue weighted by Gasteiger charge is 2.20. The molecule has 0 unspecified atom stereocenters. The minimum atomic E-state index is -1.01. The SMILES string of the molecule is CCOc1cc(C=Nn2c(-c3cc4cc(Cl)ccc4o3)nc3ccccc3c2=O)c(Br)c(Cl)c1OCc1ccc(C(=O)O)cc1. The molecule has 0 atom stereocenters. The molecule has 0 spiro atoms. The second-order valence-electron chi connectivity index (χ2n) is 9.75. The van der Waals surface area contributed by atoms with Crippen LogP contribution in [0.3, 0.4) is 0 Å². The van der Waals surface area contributed by atoms with Crippen molar-refractivity contribution >= 4 is 73.2 Å². The predicted molar refractivity (Wildman–Crippen MR) is 177 cm³/mol. The highest BCUT2D eigenvalue weighted by Crippen LogP contribution is 2.43. The first-order valence-electron chi connectivity index (χ1n) is 13.6. The van der Waals surface area contributed by atoms with Crippen molar-refractivity contribution in [2.75, 3.05) is 6.61 Å². The van der Waals surface area contributed by atoms with Crippen LogP contribution in [0.5, 0.6) is 11.5 Å². The maximum absolute atomic E-state index is 13.7. The van der Waals surface area contributed by atoms with Gasteiger partial charge in [0.25, 0.3) is 5.56 Å². The molecule has 0 aliphatic heterocycles. The summed E-state index contributed by atoms with van der Waals surface area (Å²) in [6.07, 6.45) is 1.47. The molecular weight excluding hydrogens is 685 g/mol. The van der Waals surface area contributed by atoms with E-state index >= 15 is 0 Å². The van der Waals surface area contributed by atoms with Crippen LogP contribution in [0.4, 0.5) is 0 Å². The summed E-state index contributed by atoms with van der Waals surface area (Å²) in [5, 5.41) is 15.6. The smallest absolute Gasteiger partial charge is 0.335 e. The Morgan fingerprint density at radius 2 is 1.84 bits per heavy atom. The van der Waals surface area contributed by atoms with Crippen molar-refractivity contribution in [3.63, 3.8) is 0 Å². The van der Waals surface area contributed by atoms with Gasteiger partial charge in [-0.05, 0) is 83.0 Å². The summed E-state index contributed by atoms with van der Waals surface area (Å²) >= 11 is 16.5. The first-order valence-corrected chi connectivity index (χ1v) is 15.1. The van der Waals surface area contributed by atoms with Gasteiger partial charge < -0.3 is 19.0 Å². The van der Waals surface area contributed by atoms with Crippen molar-refractivity contribution in [3.05, 3.63) is 120 Å². The van der Waals surface area contributed by atoms with Crippen molar-refractivity contribution in [2.45, 2.75) is 13.5 Å². The number of aromatic nitrogens is 2. The molecule has 0 radical (unpaired) electrons. The van der Waals surface area contributed by atoms with Crippen LogP contribution in [0.15, 0.2) is 97.6 Å². The maximum atomic E-state index is 13.7. The molecule has 9 nitrogen and oxygen atoms in total. The third kappa shape index (κ3) is 6.17. The largest absolute Gasteiger partial charge is 0.490 e. The fraction of sp³-hybridized carbons (Fsp3) is 0.0909. The Labute approximate surface area is 274 Å². The van der Waals surface area contributed by atoms with E-state index in [1.54, 1.807) is 66.7 Å². The van der Waals surface area contributed by atoms with E-state index in [9.17, 15) is 9.59 Å². The topological polar surface area (TPSA) is 116 Å². The minimum Gasteiger partial charge on any atom is -0.490 e. The summed E-state index contributed by atoms with van der Waals surface area (Å²) in [5.74, 6) is 0.160. The molecule has 6 rings (SSSR count). The van der Waals surface area contributed by atoms with Gasteiger partial charge in [0.1, 0.15) is 17.2 Å². The van der Waals surface area contributed by atoms with Crippen LogP contribution in [-0.2, 0) is 6.61 Å². The lowest BCUT2D eigenvalue weighted by atomic mass is 10.1. The Hall–Kier alpha value is -4.64. The van der Waals surface area contributed by atoms with Crippen LogP contribution in [0.2, 0.25) is 10.0 Å². The molecule has 12 heteroatoms. The van der Waals surface area contributed by atoms with Gasteiger partial charge in [0.2, 0.25) is 5.82 Å². The fourth-order valence-electron chi connectivity index (χ4n) is 4.63. The summed E-state index contributed by atoms with van der Waals surface area (Å²) < 4.78 is 19.5. The van der Waals surface area contributed by atoms with E-state index in [4.69, 9.17) is 47.2 Å². The molecule has 45 heavy (non-hydrogen) atoms. The van der Waals surface area contributed by atoms with Crippen molar-refractivity contribution in [1.82, 2.24) is 9.66 Å². The summed E-state index contributed by atoms with van der Waals surface area (Å²) in [7, 11) is 0. The highest BCUT2D eigenvalue weighted by molar-refractivity contribution is 9.10. The molecule has 0 saturated heterocycles. The average Bonchev–Trinajstić information content (AvgIpc) is 3.46. The molecule has 226 valence electrons. The molecule has 0 amide bonds. The van der Waals surface area contributed by atoms with Gasteiger partial charge in [0.05, 0.1) is 29.3 Å². The Morgan fingerprint density at radius 1 is 1.07 bits per heavy atom. The molecule has 2 aromatic heterocycles. The highest BCUT2D eigenvalue weighted by atomic mass is 79.9. The summed E-state index contributed by atoms with van der Waals surface area (Å²) in [4.78, 5) is 29.6. The second kappa shape index (κ2) is 12.8. The Morgan fingerprint density at radius 3 is 2.60 bits per heavy atom. The molecule has 6 aromatic rings. The van der Waals surface area contributed by atoms with E-state index in [2.05, 4.69) is 21.0 Å². The zero-order valence-corrected chi connectivity index (χ0v) is 26.6. The zero-order valence-electron chi connectivity index (χ0n) is 23.5. The fourth-order valence-corrected chi connectivity index (χ4v) is 5.46. The minimum absolute atomic E-state index is 0.115. The molecule has 0 saturated carbocycles. The Bertz CT molecular complexity index is 2180. The quantitative estimate of drug-likeness (QED) is 0.150. The summed E-state index contributed by atoms with van der Waals surface area (Å²) in [5.41, 5.74) is 2.09. The molecule has 2 heterocycles. The number of furan rings is 1. The number of halogens is 3. The Kier molecular flexibility index (Phi) is 8.62. The van der Waals surface area contributed by atoms with Gasteiger partial charge in [-0.25, -0.2) is 9.78 Å². The number of carboxylic acid groups (broad SMARTS) is 1. The number of hydrogen-bond acceptors (Lipinski definition) is 7. The van der Waals surface area contributed by atoms with Gasteiger partial charge >= 0.3 is 5.97 Å². The molecule has 0 fully saturated rings. The van der Waals surface area contributed by atoms with E-state index in [1.807, 2.05) is 6.92 Å². The average molecular weight is 707 g/mol. The van der Waals surface area contributed by atoms with E-state index in [0.29, 0.717) is 49.7 Å². The van der Waals surface area contributed by atoms with E-state index < -0.39 is 11.5 Å². The molecular formula is C33H22BrCl2N3O6. The van der Waals surface area contributed by atoms with Crippen LogP contribution < -0.4 is 15.0 Å². The molecule has 0 aliphatic carbocycles. The monoisotopic (exact) mass is 705 g/mol. The number of carboxylic acids is 1. The number of aromatic carboxylic acids is 1. The molecule has 1 N–H and O–H groups in total. The number of nitrogens with zero attached hydrogens (tertiary/aromatic N) is 3.